The fraction of sp³-hybridized carbons (Fsp3) is 0.160. The molecule has 0 spiro atoms. The van der Waals surface area contributed by atoms with Crippen LogP contribution in [-0.4, -0.2) is 28.1 Å². The molecule has 7 heteroatoms. The minimum absolute atomic E-state index is 0.0642. The summed E-state index contributed by atoms with van der Waals surface area (Å²) in [5.74, 6) is 1.37. The standard InChI is InChI=1S/C25H21N3O3S/c1-16(24(29)26-14-17-11-12-21-22(13-17)31-15-30-21)32-25-20-10-6-5-9-19(20)23(27-28-25)18-7-3-2-4-8-18/h2-13,16H,14-15H2,1H3,(H,26,29)/t16-/m1/s1. The van der Waals surface area contributed by atoms with Crippen molar-refractivity contribution in [2.24, 2.45) is 0 Å². The molecule has 1 aromatic heterocycles. The Kier molecular flexibility index (Phi) is 5.64. The topological polar surface area (TPSA) is 73.3 Å². The Morgan fingerprint density at radius 1 is 0.969 bits per heavy atom. The van der Waals surface area contributed by atoms with E-state index in [0.717, 1.165) is 38.4 Å². The lowest BCUT2D eigenvalue weighted by Gasteiger charge is -2.14. The van der Waals surface area contributed by atoms with Gasteiger partial charge in [-0.2, -0.15) is 0 Å². The van der Waals surface area contributed by atoms with Gasteiger partial charge in [0.25, 0.3) is 0 Å². The number of fused-ring (bicyclic) bond motifs is 2. The van der Waals surface area contributed by atoms with Crippen LogP contribution in [0.4, 0.5) is 0 Å². The van der Waals surface area contributed by atoms with Crippen molar-refractivity contribution in [2.45, 2.75) is 23.7 Å². The smallest absolute Gasteiger partial charge is 0.233 e. The zero-order valence-corrected chi connectivity index (χ0v) is 18.3. The van der Waals surface area contributed by atoms with Gasteiger partial charge < -0.3 is 14.8 Å². The maximum Gasteiger partial charge on any atom is 0.233 e. The van der Waals surface area contributed by atoms with Crippen LogP contribution in [0.25, 0.3) is 22.0 Å². The predicted molar refractivity (Wildman–Crippen MR) is 125 cm³/mol. The summed E-state index contributed by atoms with van der Waals surface area (Å²) in [6, 6.07) is 23.7. The van der Waals surface area contributed by atoms with Crippen LogP contribution in [0.3, 0.4) is 0 Å². The normalized spacial score (nSPS) is 13.2. The maximum absolute atomic E-state index is 12.7. The highest BCUT2D eigenvalue weighted by atomic mass is 32.2. The molecule has 4 aromatic rings. The minimum atomic E-state index is -0.329. The number of carbonyl (C=O) groups excluding carboxylic acids is 1. The molecule has 3 aromatic carbocycles. The molecule has 6 nitrogen and oxygen atoms in total. The molecular formula is C25H21N3O3S. The van der Waals surface area contributed by atoms with Gasteiger partial charge in [-0.15, -0.1) is 10.2 Å². The molecule has 160 valence electrons. The van der Waals surface area contributed by atoms with Crippen molar-refractivity contribution in [1.82, 2.24) is 15.5 Å². The molecule has 0 saturated heterocycles. The molecule has 5 rings (SSSR count). The number of ether oxygens (including phenoxy) is 2. The highest BCUT2D eigenvalue weighted by molar-refractivity contribution is 8.00. The van der Waals surface area contributed by atoms with E-state index in [1.807, 2.05) is 79.7 Å². The lowest BCUT2D eigenvalue weighted by Crippen LogP contribution is -2.30. The number of carbonyl (C=O) groups is 1. The lowest BCUT2D eigenvalue weighted by atomic mass is 10.1. The average molecular weight is 444 g/mol. The first-order chi connectivity index (χ1) is 15.7. The Labute approximate surface area is 190 Å². The summed E-state index contributed by atoms with van der Waals surface area (Å²) in [4.78, 5) is 12.7. The first kappa shape index (κ1) is 20.3. The Morgan fingerprint density at radius 2 is 1.72 bits per heavy atom. The molecule has 1 aliphatic heterocycles. The second kappa shape index (κ2) is 8.88. The Bertz CT molecular complexity index is 1280. The van der Waals surface area contributed by atoms with Gasteiger partial charge in [0.05, 0.1) is 5.25 Å². The molecule has 0 aliphatic carbocycles. The van der Waals surface area contributed by atoms with Gasteiger partial charge in [0.1, 0.15) is 10.7 Å². The van der Waals surface area contributed by atoms with Crippen LogP contribution in [0.1, 0.15) is 12.5 Å². The van der Waals surface area contributed by atoms with Crippen LogP contribution < -0.4 is 14.8 Å². The largest absolute Gasteiger partial charge is 0.454 e. The third-order valence-corrected chi connectivity index (χ3v) is 6.35. The molecule has 2 heterocycles. The predicted octanol–water partition coefficient (Wildman–Crippen LogP) is 4.82. The van der Waals surface area contributed by atoms with Crippen molar-refractivity contribution >= 4 is 28.4 Å². The SMILES string of the molecule is C[C@@H](Sc1nnc(-c2ccccc2)c2ccccc12)C(=O)NCc1ccc2c(c1)OCO2. The number of nitrogens with one attached hydrogen (secondary N) is 1. The van der Waals surface area contributed by atoms with Crippen molar-refractivity contribution in [3.63, 3.8) is 0 Å². The van der Waals surface area contributed by atoms with Gasteiger partial charge in [-0.05, 0) is 24.6 Å². The molecule has 0 unspecified atom stereocenters. The monoisotopic (exact) mass is 443 g/mol. The molecule has 1 N–H and O–H groups in total. The van der Waals surface area contributed by atoms with Crippen molar-refractivity contribution in [2.75, 3.05) is 6.79 Å². The first-order valence-electron chi connectivity index (χ1n) is 10.3. The number of aromatic nitrogens is 2. The number of benzene rings is 3. The third-order valence-electron chi connectivity index (χ3n) is 5.26. The second-order valence-corrected chi connectivity index (χ2v) is 8.76. The van der Waals surface area contributed by atoms with E-state index in [1.54, 1.807) is 0 Å². The van der Waals surface area contributed by atoms with Crippen LogP contribution >= 0.6 is 11.8 Å². The quantitative estimate of drug-likeness (QED) is 0.431. The summed E-state index contributed by atoms with van der Waals surface area (Å²) in [5, 5.41) is 14.4. The number of thioether (sulfide) groups is 1. The van der Waals surface area contributed by atoms with E-state index in [2.05, 4.69) is 15.5 Å². The van der Waals surface area contributed by atoms with E-state index in [4.69, 9.17) is 9.47 Å². The van der Waals surface area contributed by atoms with Crippen LogP contribution in [-0.2, 0) is 11.3 Å². The number of nitrogens with zero attached hydrogens (tertiary/aromatic N) is 2. The molecule has 1 amide bonds. The summed E-state index contributed by atoms with van der Waals surface area (Å²) in [6.07, 6.45) is 0. The van der Waals surface area contributed by atoms with E-state index >= 15 is 0 Å². The zero-order valence-electron chi connectivity index (χ0n) is 17.4. The number of hydrogen-bond donors (Lipinski definition) is 1. The molecule has 1 aliphatic rings. The van der Waals surface area contributed by atoms with Crippen molar-refractivity contribution in [3.8, 4) is 22.8 Å². The minimum Gasteiger partial charge on any atom is -0.454 e. The van der Waals surface area contributed by atoms with Gasteiger partial charge >= 0.3 is 0 Å². The van der Waals surface area contributed by atoms with Gasteiger partial charge in [-0.25, -0.2) is 0 Å². The second-order valence-electron chi connectivity index (χ2n) is 7.43. The van der Waals surface area contributed by atoms with E-state index < -0.39 is 0 Å². The van der Waals surface area contributed by atoms with Crippen molar-refractivity contribution in [1.29, 1.82) is 0 Å². The summed E-state index contributed by atoms with van der Waals surface area (Å²) in [6.45, 7) is 2.53. The van der Waals surface area contributed by atoms with E-state index in [9.17, 15) is 4.79 Å². The van der Waals surface area contributed by atoms with Gasteiger partial charge in [0.15, 0.2) is 11.5 Å². The lowest BCUT2D eigenvalue weighted by molar-refractivity contribution is -0.120. The Hall–Kier alpha value is -3.58. The van der Waals surface area contributed by atoms with Crippen LogP contribution in [0.2, 0.25) is 0 Å². The molecule has 0 fully saturated rings. The first-order valence-corrected chi connectivity index (χ1v) is 11.2. The van der Waals surface area contributed by atoms with Gasteiger partial charge in [-0.1, -0.05) is 72.4 Å². The number of amides is 1. The Morgan fingerprint density at radius 3 is 2.56 bits per heavy atom. The highest BCUT2D eigenvalue weighted by Crippen LogP contribution is 2.34. The fourth-order valence-electron chi connectivity index (χ4n) is 3.58. The van der Waals surface area contributed by atoms with Gasteiger partial charge in [0, 0.05) is 22.9 Å². The van der Waals surface area contributed by atoms with Gasteiger partial charge in [0.2, 0.25) is 12.7 Å². The highest BCUT2D eigenvalue weighted by Gasteiger charge is 2.19. The zero-order chi connectivity index (χ0) is 21.9. The maximum atomic E-state index is 12.7. The molecule has 0 bridgehead atoms. The number of hydrogen-bond acceptors (Lipinski definition) is 6. The molecule has 1 atom stereocenters. The van der Waals surface area contributed by atoms with E-state index in [1.165, 1.54) is 11.8 Å². The summed E-state index contributed by atoms with van der Waals surface area (Å²) in [7, 11) is 0. The third kappa shape index (κ3) is 4.11. The summed E-state index contributed by atoms with van der Waals surface area (Å²) < 4.78 is 10.7. The van der Waals surface area contributed by atoms with Gasteiger partial charge in [-0.3, -0.25) is 4.79 Å². The van der Waals surface area contributed by atoms with E-state index in [-0.39, 0.29) is 18.0 Å². The van der Waals surface area contributed by atoms with Crippen molar-refractivity contribution < 1.29 is 14.3 Å². The Balaban J connectivity index is 1.31. The fourth-order valence-corrected chi connectivity index (χ4v) is 4.50. The molecule has 0 saturated carbocycles. The summed E-state index contributed by atoms with van der Waals surface area (Å²) in [5.41, 5.74) is 2.81. The molecule has 32 heavy (non-hydrogen) atoms. The molecule has 0 radical (unpaired) electrons. The van der Waals surface area contributed by atoms with Crippen LogP contribution in [0, 0.1) is 0 Å². The average Bonchev–Trinajstić information content (AvgIpc) is 3.31. The number of rotatable bonds is 6. The van der Waals surface area contributed by atoms with Crippen LogP contribution in [0.5, 0.6) is 11.5 Å². The summed E-state index contributed by atoms with van der Waals surface area (Å²) >= 11 is 1.41. The molecular weight excluding hydrogens is 422 g/mol. The van der Waals surface area contributed by atoms with Crippen molar-refractivity contribution in [3.05, 3.63) is 78.4 Å². The van der Waals surface area contributed by atoms with Crippen LogP contribution in [0.15, 0.2) is 77.8 Å². The van der Waals surface area contributed by atoms with E-state index in [0.29, 0.717) is 12.3 Å².